The van der Waals surface area contributed by atoms with Gasteiger partial charge in [0, 0.05) is 18.5 Å². The van der Waals surface area contributed by atoms with Crippen molar-refractivity contribution in [2.75, 3.05) is 0 Å². The summed E-state index contributed by atoms with van der Waals surface area (Å²) in [6.07, 6.45) is 1.89. The zero-order chi connectivity index (χ0) is 14.4. The van der Waals surface area contributed by atoms with Gasteiger partial charge in [-0.05, 0) is 24.3 Å². The Balaban J connectivity index is 2.09. The Hall–Kier alpha value is -2.56. The Morgan fingerprint density at radius 1 is 0.762 bits per heavy atom. The van der Waals surface area contributed by atoms with Crippen molar-refractivity contribution in [3.63, 3.8) is 0 Å². The lowest BCUT2D eigenvalue weighted by Gasteiger charge is -2.13. The molecule has 1 aliphatic rings. The summed E-state index contributed by atoms with van der Waals surface area (Å²) in [7, 11) is 0. The van der Waals surface area contributed by atoms with E-state index >= 15 is 0 Å². The lowest BCUT2D eigenvalue weighted by Crippen LogP contribution is -2.30. The maximum absolute atomic E-state index is 12.6. The SMILES string of the molecule is O=c1n(-c2cccc3ccccc23)c(=O)n2n1CCCC2. The molecule has 0 bridgehead atoms. The van der Waals surface area contributed by atoms with E-state index in [1.165, 1.54) is 4.57 Å². The molecule has 3 aromatic rings. The van der Waals surface area contributed by atoms with Gasteiger partial charge in [0.05, 0.1) is 5.69 Å². The monoisotopic (exact) mass is 281 g/mol. The fourth-order valence-corrected chi connectivity index (χ4v) is 3.08. The second-order valence-electron chi connectivity index (χ2n) is 5.35. The topological polar surface area (TPSA) is 48.9 Å². The van der Waals surface area contributed by atoms with Gasteiger partial charge in [-0.25, -0.2) is 23.5 Å². The van der Waals surface area contributed by atoms with Crippen molar-refractivity contribution in [3.8, 4) is 5.69 Å². The zero-order valence-corrected chi connectivity index (χ0v) is 11.5. The summed E-state index contributed by atoms with van der Waals surface area (Å²) >= 11 is 0. The van der Waals surface area contributed by atoms with E-state index in [9.17, 15) is 9.59 Å². The maximum Gasteiger partial charge on any atom is 0.351 e. The van der Waals surface area contributed by atoms with E-state index < -0.39 is 0 Å². The number of fused-ring (bicyclic) bond motifs is 2. The third-order valence-electron chi connectivity index (χ3n) is 4.11. The molecule has 0 radical (unpaired) electrons. The molecule has 0 unspecified atom stereocenters. The Labute approximate surface area is 120 Å². The molecule has 4 rings (SSSR count). The average molecular weight is 281 g/mol. The van der Waals surface area contributed by atoms with Crippen molar-refractivity contribution in [1.82, 2.24) is 13.9 Å². The molecule has 1 aliphatic heterocycles. The molecule has 0 N–H and O–H groups in total. The van der Waals surface area contributed by atoms with Crippen molar-refractivity contribution in [3.05, 3.63) is 63.4 Å². The fraction of sp³-hybridized carbons (Fsp3) is 0.250. The molecular weight excluding hydrogens is 266 g/mol. The van der Waals surface area contributed by atoms with Crippen LogP contribution in [0, 0.1) is 0 Å². The molecule has 21 heavy (non-hydrogen) atoms. The van der Waals surface area contributed by atoms with Gasteiger partial charge in [0.1, 0.15) is 0 Å². The Bertz CT molecular complexity index is 903. The standard InChI is InChI=1S/C16H15N3O2/c20-15-17-10-3-4-11-18(17)16(21)19(15)14-9-5-7-12-6-1-2-8-13(12)14/h1-2,5-9H,3-4,10-11H2. The zero-order valence-electron chi connectivity index (χ0n) is 11.5. The van der Waals surface area contributed by atoms with E-state index in [-0.39, 0.29) is 11.4 Å². The van der Waals surface area contributed by atoms with Crippen LogP contribution in [-0.2, 0) is 13.1 Å². The van der Waals surface area contributed by atoms with Crippen LogP contribution in [0.5, 0.6) is 0 Å². The largest absolute Gasteiger partial charge is 0.351 e. The first-order valence-corrected chi connectivity index (χ1v) is 7.18. The minimum absolute atomic E-state index is 0.240. The molecule has 1 aromatic heterocycles. The van der Waals surface area contributed by atoms with Crippen LogP contribution in [0.25, 0.3) is 16.5 Å². The van der Waals surface area contributed by atoms with Crippen LogP contribution in [0.1, 0.15) is 12.8 Å². The van der Waals surface area contributed by atoms with E-state index in [0.29, 0.717) is 18.8 Å². The summed E-state index contributed by atoms with van der Waals surface area (Å²) < 4.78 is 4.43. The summed E-state index contributed by atoms with van der Waals surface area (Å²) in [5.74, 6) is 0. The molecule has 0 saturated carbocycles. The number of rotatable bonds is 1. The van der Waals surface area contributed by atoms with E-state index in [2.05, 4.69) is 0 Å². The van der Waals surface area contributed by atoms with Gasteiger partial charge in [0.2, 0.25) is 0 Å². The van der Waals surface area contributed by atoms with Gasteiger partial charge in [0.25, 0.3) is 0 Å². The molecule has 0 atom stereocenters. The highest BCUT2D eigenvalue weighted by Gasteiger charge is 2.20. The second-order valence-corrected chi connectivity index (χ2v) is 5.35. The van der Waals surface area contributed by atoms with Crippen LogP contribution in [0.3, 0.4) is 0 Å². The van der Waals surface area contributed by atoms with Gasteiger partial charge >= 0.3 is 11.4 Å². The highest BCUT2D eigenvalue weighted by atomic mass is 16.2. The lowest BCUT2D eigenvalue weighted by atomic mass is 10.1. The first-order chi connectivity index (χ1) is 10.3. The average Bonchev–Trinajstić information content (AvgIpc) is 2.79. The molecule has 5 nitrogen and oxygen atoms in total. The number of nitrogens with zero attached hydrogens (tertiary/aromatic N) is 3. The van der Waals surface area contributed by atoms with E-state index in [0.717, 1.165) is 23.6 Å². The third-order valence-corrected chi connectivity index (χ3v) is 4.11. The van der Waals surface area contributed by atoms with Crippen molar-refractivity contribution < 1.29 is 0 Å². The van der Waals surface area contributed by atoms with Gasteiger partial charge in [-0.15, -0.1) is 0 Å². The quantitative estimate of drug-likeness (QED) is 0.682. The predicted molar refractivity (Wildman–Crippen MR) is 81.0 cm³/mol. The summed E-state index contributed by atoms with van der Waals surface area (Å²) in [4.78, 5) is 25.2. The van der Waals surface area contributed by atoms with Gasteiger partial charge in [-0.3, -0.25) is 0 Å². The Morgan fingerprint density at radius 3 is 2.10 bits per heavy atom. The fourth-order valence-electron chi connectivity index (χ4n) is 3.08. The normalized spacial score (nSPS) is 14.3. The van der Waals surface area contributed by atoms with Crippen LogP contribution in [0.2, 0.25) is 0 Å². The number of hydrogen-bond acceptors (Lipinski definition) is 2. The third kappa shape index (κ3) is 1.70. The summed E-state index contributed by atoms with van der Waals surface area (Å²) in [5.41, 5.74) is 0.185. The highest BCUT2D eigenvalue weighted by Crippen LogP contribution is 2.20. The smallest absolute Gasteiger partial charge is 0.246 e. The molecule has 0 fully saturated rings. The summed E-state index contributed by atoms with van der Waals surface area (Å²) in [5, 5.41) is 1.94. The van der Waals surface area contributed by atoms with Crippen LogP contribution in [0.4, 0.5) is 0 Å². The molecule has 5 heteroatoms. The molecule has 0 aliphatic carbocycles. The summed E-state index contributed by atoms with van der Waals surface area (Å²) in [6.45, 7) is 1.23. The molecule has 0 saturated heterocycles. The van der Waals surface area contributed by atoms with Crippen LogP contribution in [-0.4, -0.2) is 13.9 Å². The van der Waals surface area contributed by atoms with Crippen LogP contribution in [0.15, 0.2) is 52.1 Å². The van der Waals surface area contributed by atoms with E-state index in [1.54, 1.807) is 9.36 Å². The highest BCUT2D eigenvalue weighted by molar-refractivity contribution is 5.90. The number of hydrogen-bond donors (Lipinski definition) is 0. The predicted octanol–water partition coefficient (Wildman–Crippen LogP) is 1.75. The van der Waals surface area contributed by atoms with Crippen molar-refractivity contribution in [1.29, 1.82) is 0 Å². The minimum atomic E-state index is -0.240. The molecule has 0 amide bonds. The number of aromatic nitrogens is 3. The molecule has 106 valence electrons. The molecular formula is C16H15N3O2. The Morgan fingerprint density at radius 2 is 1.38 bits per heavy atom. The minimum Gasteiger partial charge on any atom is -0.246 e. The van der Waals surface area contributed by atoms with E-state index in [1.807, 2.05) is 42.5 Å². The first-order valence-electron chi connectivity index (χ1n) is 7.18. The van der Waals surface area contributed by atoms with E-state index in [4.69, 9.17) is 0 Å². The van der Waals surface area contributed by atoms with Crippen LogP contribution >= 0.6 is 0 Å². The van der Waals surface area contributed by atoms with Crippen molar-refractivity contribution >= 4 is 10.8 Å². The molecule has 2 heterocycles. The molecule has 0 spiro atoms. The van der Waals surface area contributed by atoms with Gasteiger partial charge in [-0.2, -0.15) is 0 Å². The van der Waals surface area contributed by atoms with Gasteiger partial charge in [0.15, 0.2) is 0 Å². The van der Waals surface area contributed by atoms with Gasteiger partial charge in [-0.1, -0.05) is 36.4 Å². The first kappa shape index (κ1) is 12.2. The lowest BCUT2D eigenvalue weighted by molar-refractivity contribution is 0.348. The maximum atomic E-state index is 12.6. The van der Waals surface area contributed by atoms with Gasteiger partial charge < -0.3 is 0 Å². The number of benzene rings is 2. The van der Waals surface area contributed by atoms with Crippen LogP contribution < -0.4 is 11.4 Å². The Kier molecular flexibility index (Phi) is 2.60. The molecule has 2 aromatic carbocycles. The second kappa shape index (κ2) is 4.48. The van der Waals surface area contributed by atoms with Crippen molar-refractivity contribution in [2.24, 2.45) is 0 Å². The van der Waals surface area contributed by atoms with Crippen molar-refractivity contribution in [2.45, 2.75) is 25.9 Å². The summed E-state index contributed by atoms with van der Waals surface area (Å²) in [6, 6.07) is 13.5.